The summed E-state index contributed by atoms with van der Waals surface area (Å²) >= 11 is 0. The number of carbonyl (C=O) groups excluding carboxylic acids is 2. The van der Waals surface area contributed by atoms with E-state index in [2.05, 4.69) is 16.7 Å². The normalized spacial score (nSPS) is 19.6. The zero-order valence-corrected chi connectivity index (χ0v) is 12.2. The second-order valence-electron chi connectivity index (χ2n) is 3.44. The van der Waals surface area contributed by atoms with Gasteiger partial charge in [-0.1, -0.05) is 5.69 Å². The average molecular weight is 242 g/mol. The Morgan fingerprint density at radius 2 is 2.00 bits per heavy atom. The molecule has 0 bridgehead atoms. The van der Waals surface area contributed by atoms with Crippen LogP contribution in [0.4, 0.5) is 5.69 Å². The van der Waals surface area contributed by atoms with Crippen LogP contribution in [0, 0.1) is 6.07 Å². The molecular formula is C11H11KN2O2. The molecule has 1 saturated heterocycles. The topological polar surface area (TPSA) is 58.2 Å². The minimum Gasteiger partial charge on any atom is -0.396 e. The van der Waals surface area contributed by atoms with Crippen molar-refractivity contribution in [3.8, 4) is 0 Å². The van der Waals surface area contributed by atoms with Crippen molar-refractivity contribution in [2.45, 2.75) is 18.9 Å². The first kappa shape index (κ1) is 13.9. The first-order valence-corrected chi connectivity index (χ1v) is 4.82. The Balaban J connectivity index is 0.00000128. The summed E-state index contributed by atoms with van der Waals surface area (Å²) in [6, 6.07) is 9.80. The molecule has 1 aromatic rings. The summed E-state index contributed by atoms with van der Waals surface area (Å²) in [5.74, 6) is -0.446. The molecule has 16 heavy (non-hydrogen) atoms. The number of rotatable bonds is 2. The van der Waals surface area contributed by atoms with Gasteiger partial charge >= 0.3 is 51.4 Å². The van der Waals surface area contributed by atoms with Gasteiger partial charge in [0.05, 0.1) is 0 Å². The van der Waals surface area contributed by atoms with E-state index in [9.17, 15) is 9.59 Å². The monoisotopic (exact) mass is 242 g/mol. The van der Waals surface area contributed by atoms with Gasteiger partial charge in [0.15, 0.2) is 0 Å². The van der Waals surface area contributed by atoms with Crippen LogP contribution in [-0.4, -0.2) is 17.9 Å². The summed E-state index contributed by atoms with van der Waals surface area (Å²) in [4.78, 5) is 22.3. The summed E-state index contributed by atoms with van der Waals surface area (Å²) in [6.45, 7) is 0. The van der Waals surface area contributed by atoms with Crippen molar-refractivity contribution < 1.29 is 61.0 Å². The van der Waals surface area contributed by atoms with Crippen LogP contribution in [-0.2, 0) is 9.59 Å². The molecule has 2 rings (SSSR count). The molecule has 0 radical (unpaired) electrons. The maximum absolute atomic E-state index is 11.4. The standard InChI is InChI=1S/C11H11N2O2.K/c14-10-7-6-9(11(15)13-10)12-8-4-2-1-3-5-8;/h2-5,9,12H,6-7H2,(H,13,14,15);/q-1;+1. The fraction of sp³-hybridized carbons (Fsp3) is 0.273. The molecule has 1 aliphatic rings. The van der Waals surface area contributed by atoms with Crippen LogP contribution < -0.4 is 62.0 Å². The molecule has 5 heteroatoms. The molecule has 1 aromatic carbocycles. The maximum Gasteiger partial charge on any atom is 1.00 e. The summed E-state index contributed by atoms with van der Waals surface area (Å²) in [5.41, 5.74) is 0.864. The molecule has 0 aromatic heterocycles. The zero-order valence-electron chi connectivity index (χ0n) is 9.12. The Hall–Kier alpha value is -0.204. The molecule has 1 fully saturated rings. The van der Waals surface area contributed by atoms with E-state index in [4.69, 9.17) is 0 Å². The van der Waals surface area contributed by atoms with Crippen LogP contribution in [0.15, 0.2) is 24.3 Å². The van der Waals surface area contributed by atoms with Crippen LogP contribution in [0.5, 0.6) is 0 Å². The first-order valence-electron chi connectivity index (χ1n) is 4.82. The molecule has 1 atom stereocenters. The molecule has 0 spiro atoms. The predicted molar refractivity (Wildman–Crippen MR) is 55.1 cm³/mol. The number of carbonyl (C=O) groups is 2. The van der Waals surface area contributed by atoms with Crippen molar-refractivity contribution in [1.82, 2.24) is 5.32 Å². The summed E-state index contributed by atoms with van der Waals surface area (Å²) in [5, 5.41) is 5.37. The molecule has 78 valence electrons. The third-order valence-corrected chi connectivity index (χ3v) is 2.30. The van der Waals surface area contributed by atoms with E-state index in [1.54, 1.807) is 12.1 Å². The summed E-state index contributed by atoms with van der Waals surface area (Å²) in [7, 11) is 0. The first-order chi connectivity index (χ1) is 7.25. The Labute approximate surface area is 137 Å². The third-order valence-electron chi connectivity index (χ3n) is 2.30. The van der Waals surface area contributed by atoms with Gasteiger partial charge in [0.1, 0.15) is 6.04 Å². The molecule has 1 aliphatic heterocycles. The van der Waals surface area contributed by atoms with Gasteiger partial charge in [-0.05, 0) is 6.42 Å². The molecule has 2 N–H and O–H groups in total. The number of anilines is 1. The van der Waals surface area contributed by atoms with Crippen molar-refractivity contribution in [3.05, 3.63) is 30.3 Å². The Morgan fingerprint density at radius 1 is 1.31 bits per heavy atom. The van der Waals surface area contributed by atoms with Crippen LogP contribution in [0.1, 0.15) is 12.8 Å². The van der Waals surface area contributed by atoms with E-state index in [-0.39, 0.29) is 69.2 Å². The Kier molecular flexibility index (Phi) is 5.64. The number of piperidine rings is 1. The second-order valence-corrected chi connectivity index (χ2v) is 3.44. The zero-order chi connectivity index (χ0) is 10.7. The fourth-order valence-electron chi connectivity index (χ4n) is 1.52. The van der Waals surface area contributed by atoms with E-state index < -0.39 is 0 Å². The molecule has 2 amide bonds. The number of hydrogen-bond donors (Lipinski definition) is 2. The number of imide groups is 1. The molecule has 0 aliphatic carbocycles. The Bertz CT molecular complexity index is 381. The van der Waals surface area contributed by atoms with Crippen LogP contribution in [0.25, 0.3) is 0 Å². The molecule has 1 unspecified atom stereocenters. The van der Waals surface area contributed by atoms with E-state index in [1.807, 2.05) is 12.1 Å². The van der Waals surface area contributed by atoms with Gasteiger partial charge in [0, 0.05) is 6.42 Å². The van der Waals surface area contributed by atoms with Gasteiger partial charge in [-0.3, -0.25) is 14.9 Å². The van der Waals surface area contributed by atoms with Crippen molar-refractivity contribution >= 4 is 17.5 Å². The van der Waals surface area contributed by atoms with Crippen molar-refractivity contribution in [2.24, 2.45) is 0 Å². The quantitative estimate of drug-likeness (QED) is 0.349. The second kappa shape index (κ2) is 6.51. The van der Waals surface area contributed by atoms with Crippen LogP contribution in [0.2, 0.25) is 0 Å². The maximum atomic E-state index is 11.4. The third kappa shape index (κ3) is 3.67. The van der Waals surface area contributed by atoms with Gasteiger partial charge in [-0.2, -0.15) is 18.2 Å². The van der Waals surface area contributed by atoms with Gasteiger partial charge in [-0.25, -0.2) is 0 Å². The molecular weight excluding hydrogens is 231 g/mol. The van der Waals surface area contributed by atoms with Gasteiger partial charge in [-0.15, -0.1) is 12.1 Å². The molecule has 0 saturated carbocycles. The smallest absolute Gasteiger partial charge is 0.396 e. The number of nitrogens with one attached hydrogen (secondary N) is 2. The van der Waals surface area contributed by atoms with E-state index in [0.29, 0.717) is 12.8 Å². The molecule has 1 heterocycles. The van der Waals surface area contributed by atoms with Crippen LogP contribution >= 0.6 is 0 Å². The summed E-state index contributed by atoms with van der Waals surface area (Å²) < 4.78 is 0. The summed E-state index contributed by atoms with van der Waals surface area (Å²) in [6.07, 6.45) is 0.936. The number of hydrogen-bond acceptors (Lipinski definition) is 3. The van der Waals surface area contributed by atoms with Gasteiger partial charge < -0.3 is 5.32 Å². The average Bonchev–Trinajstić information content (AvgIpc) is 2.24. The van der Waals surface area contributed by atoms with Gasteiger partial charge in [0.25, 0.3) is 0 Å². The minimum absolute atomic E-state index is 0. The molecule has 4 nitrogen and oxygen atoms in total. The van der Waals surface area contributed by atoms with E-state index in [0.717, 1.165) is 5.69 Å². The van der Waals surface area contributed by atoms with E-state index in [1.165, 1.54) is 0 Å². The fourth-order valence-corrected chi connectivity index (χ4v) is 1.52. The van der Waals surface area contributed by atoms with Crippen molar-refractivity contribution in [1.29, 1.82) is 0 Å². The number of benzene rings is 1. The largest absolute Gasteiger partial charge is 1.00 e. The number of amides is 2. The van der Waals surface area contributed by atoms with Crippen molar-refractivity contribution in [2.75, 3.05) is 5.32 Å². The van der Waals surface area contributed by atoms with Crippen molar-refractivity contribution in [3.63, 3.8) is 0 Å². The minimum atomic E-state index is -0.315. The van der Waals surface area contributed by atoms with E-state index >= 15 is 0 Å². The SMILES string of the molecule is O=C1CCC(Nc2cc[c-]cc2)C(=O)N1.[K+]. The Morgan fingerprint density at radius 3 is 2.62 bits per heavy atom. The van der Waals surface area contributed by atoms with Crippen LogP contribution in [0.3, 0.4) is 0 Å². The predicted octanol–water partition coefficient (Wildman–Crippen LogP) is -2.29. The van der Waals surface area contributed by atoms with Gasteiger partial charge in [0.2, 0.25) is 11.8 Å².